The van der Waals surface area contributed by atoms with Gasteiger partial charge in [0.25, 0.3) is 5.16 Å². The van der Waals surface area contributed by atoms with Crippen molar-refractivity contribution in [3.63, 3.8) is 0 Å². The van der Waals surface area contributed by atoms with E-state index >= 15 is 0 Å². The number of hydrogen-bond donors (Lipinski definition) is 0. The van der Waals surface area contributed by atoms with Gasteiger partial charge in [-0.05, 0) is 18.2 Å². The largest absolute Gasteiger partial charge is 0.357 e. The van der Waals surface area contributed by atoms with Gasteiger partial charge in [-0.3, -0.25) is 0 Å². The van der Waals surface area contributed by atoms with Gasteiger partial charge in [0, 0.05) is 31.3 Å². The van der Waals surface area contributed by atoms with E-state index in [0.29, 0.717) is 0 Å². The molecule has 0 aromatic carbocycles. The van der Waals surface area contributed by atoms with E-state index in [9.17, 15) is 8.42 Å². The van der Waals surface area contributed by atoms with Crippen molar-refractivity contribution in [3.05, 3.63) is 36.8 Å². The molecule has 0 unspecified atom stereocenters. The normalized spacial score (nSPS) is 12.1. The van der Waals surface area contributed by atoms with E-state index in [0.717, 1.165) is 23.0 Å². The van der Waals surface area contributed by atoms with Crippen molar-refractivity contribution < 1.29 is 8.42 Å². The predicted molar refractivity (Wildman–Crippen MR) is 70.5 cm³/mol. The molecule has 0 saturated heterocycles. The van der Waals surface area contributed by atoms with Gasteiger partial charge < -0.3 is 4.57 Å². The van der Waals surface area contributed by atoms with Crippen molar-refractivity contribution in [2.24, 2.45) is 7.05 Å². The summed E-state index contributed by atoms with van der Waals surface area (Å²) in [6, 6.07) is 5.70. The van der Waals surface area contributed by atoms with Crippen molar-refractivity contribution in [2.75, 3.05) is 6.26 Å². The number of rotatable bonds is 2. The Hall–Kier alpha value is -2.15. The summed E-state index contributed by atoms with van der Waals surface area (Å²) in [6.07, 6.45) is 6.48. The van der Waals surface area contributed by atoms with Gasteiger partial charge in [-0.2, -0.15) is 0 Å². The third-order valence-corrected chi connectivity index (χ3v) is 3.69. The van der Waals surface area contributed by atoms with Crippen LogP contribution in [0.3, 0.4) is 0 Å². The van der Waals surface area contributed by atoms with E-state index in [1.54, 1.807) is 4.52 Å². The van der Waals surface area contributed by atoms with Crippen LogP contribution in [0.1, 0.15) is 0 Å². The molecule has 3 heterocycles. The number of aryl methyl sites for hydroxylation is 1. The Bertz CT molecular complexity index is 861. The van der Waals surface area contributed by atoms with Crippen molar-refractivity contribution in [2.45, 2.75) is 5.16 Å². The summed E-state index contributed by atoms with van der Waals surface area (Å²) in [5.74, 6) is 0. The number of nitrogens with zero attached hydrogens (tertiary/aromatic N) is 4. The molecule has 0 atom stereocenters. The lowest BCUT2D eigenvalue weighted by molar-refractivity contribution is 0.587. The smallest absolute Gasteiger partial charge is 0.265 e. The first-order valence-corrected chi connectivity index (χ1v) is 7.51. The van der Waals surface area contributed by atoms with E-state index in [2.05, 4.69) is 10.1 Å². The number of sulfone groups is 1. The summed E-state index contributed by atoms with van der Waals surface area (Å²) in [6.45, 7) is 0. The molecule has 0 saturated carbocycles. The molecule has 0 fully saturated rings. The Morgan fingerprint density at radius 3 is 2.63 bits per heavy atom. The quantitative estimate of drug-likeness (QED) is 0.703. The van der Waals surface area contributed by atoms with Gasteiger partial charge in [0.2, 0.25) is 9.84 Å². The second-order valence-corrected chi connectivity index (χ2v) is 6.34. The van der Waals surface area contributed by atoms with Crippen LogP contribution in [-0.2, 0) is 16.9 Å². The maximum absolute atomic E-state index is 11.5. The van der Waals surface area contributed by atoms with Gasteiger partial charge in [-0.1, -0.05) is 0 Å². The topological polar surface area (TPSA) is 69.3 Å². The second-order valence-electron chi connectivity index (χ2n) is 4.43. The minimum atomic E-state index is -3.41. The van der Waals surface area contributed by atoms with Crippen molar-refractivity contribution in [3.8, 4) is 11.3 Å². The fourth-order valence-corrected chi connectivity index (χ4v) is 2.40. The lowest BCUT2D eigenvalue weighted by atomic mass is 10.2. The van der Waals surface area contributed by atoms with Crippen LogP contribution in [0.2, 0.25) is 0 Å². The van der Waals surface area contributed by atoms with Crippen LogP contribution in [-0.4, -0.2) is 33.8 Å². The van der Waals surface area contributed by atoms with Crippen LogP contribution < -0.4 is 0 Å². The molecule has 0 aliphatic rings. The van der Waals surface area contributed by atoms with Crippen molar-refractivity contribution in [1.29, 1.82) is 0 Å². The van der Waals surface area contributed by atoms with E-state index in [1.807, 2.05) is 42.2 Å². The SMILES string of the molecule is Cn1ccc(-c2ccc3cnc(S(C)(=O)=O)nn23)c1. The summed E-state index contributed by atoms with van der Waals surface area (Å²) >= 11 is 0. The molecular weight excluding hydrogens is 264 g/mol. The molecule has 98 valence electrons. The average molecular weight is 276 g/mol. The van der Waals surface area contributed by atoms with Crippen LogP contribution in [0.15, 0.2) is 41.9 Å². The van der Waals surface area contributed by atoms with Crippen LogP contribution in [0.5, 0.6) is 0 Å². The second kappa shape index (κ2) is 3.92. The van der Waals surface area contributed by atoms with Crippen LogP contribution in [0.25, 0.3) is 16.8 Å². The minimum absolute atomic E-state index is 0.173. The molecule has 3 aromatic heterocycles. The molecule has 0 bridgehead atoms. The maximum atomic E-state index is 11.5. The van der Waals surface area contributed by atoms with Gasteiger partial charge >= 0.3 is 0 Å². The molecule has 6 nitrogen and oxygen atoms in total. The molecule has 0 spiro atoms. The van der Waals surface area contributed by atoms with E-state index in [4.69, 9.17) is 0 Å². The zero-order valence-electron chi connectivity index (χ0n) is 10.5. The first-order chi connectivity index (χ1) is 8.95. The lowest BCUT2D eigenvalue weighted by Crippen LogP contribution is -2.07. The van der Waals surface area contributed by atoms with Crippen LogP contribution in [0.4, 0.5) is 0 Å². The van der Waals surface area contributed by atoms with Gasteiger partial charge in [0.1, 0.15) is 0 Å². The van der Waals surface area contributed by atoms with E-state index in [-0.39, 0.29) is 5.16 Å². The van der Waals surface area contributed by atoms with Crippen LogP contribution >= 0.6 is 0 Å². The number of aromatic nitrogens is 4. The third-order valence-electron chi connectivity index (χ3n) is 2.84. The first kappa shape index (κ1) is 11.9. The summed E-state index contributed by atoms with van der Waals surface area (Å²) in [5, 5.41) is 3.93. The van der Waals surface area contributed by atoms with Crippen LogP contribution in [0, 0.1) is 0 Å². The third kappa shape index (κ3) is 2.01. The first-order valence-electron chi connectivity index (χ1n) is 5.62. The molecule has 19 heavy (non-hydrogen) atoms. The fraction of sp³-hybridized carbons (Fsp3) is 0.167. The molecular formula is C12H12N4O2S. The molecule has 0 N–H and O–H groups in total. The molecule has 0 amide bonds. The average Bonchev–Trinajstić information content (AvgIpc) is 2.92. The van der Waals surface area contributed by atoms with Gasteiger partial charge in [0.05, 0.1) is 17.4 Å². The van der Waals surface area contributed by atoms with Crippen molar-refractivity contribution in [1.82, 2.24) is 19.2 Å². The highest BCUT2D eigenvalue weighted by molar-refractivity contribution is 7.90. The molecule has 0 radical (unpaired) electrons. The summed E-state index contributed by atoms with van der Waals surface area (Å²) in [5.41, 5.74) is 2.56. The molecule has 7 heteroatoms. The fourth-order valence-electron chi connectivity index (χ4n) is 1.93. The number of fused-ring (bicyclic) bond motifs is 1. The Morgan fingerprint density at radius 2 is 2.00 bits per heavy atom. The Morgan fingerprint density at radius 1 is 1.21 bits per heavy atom. The van der Waals surface area contributed by atoms with Crippen molar-refractivity contribution >= 4 is 15.4 Å². The zero-order chi connectivity index (χ0) is 13.6. The molecule has 0 aliphatic heterocycles. The minimum Gasteiger partial charge on any atom is -0.357 e. The highest BCUT2D eigenvalue weighted by Gasteiger charge is 2.14. The monoisotopic (exact) mass is 276 g/mol. The van der Waals surface area contributed by atoms with Gasteiger partial charge in [-0.25, -0.2) is 17.9 Å². The Balaban J connectivity index is 2.27. The Labute approximate surface area is 110 Å². The maximum Gasteiger partial charge on any atom is 0.265 e. The highest BCUT2D eigenvalue weighted by Crippen LogP contribution is 2.21. The van der Waals surface area contributed by atoms with Gasteiger partial charge in [-0.15, -0.1) is 5.10 Å². The molecule has 0 aliphatic carbocycles. The predicted octanol–water partition coefficient (Wildman–Crippen LogP) is 1.14. The highest BCUT2D eigenvalue weighted by atomic mass is 32.2. The van der Waals surface area contributed by atoms with E-state index < -0.39 is 9.84 Å². The zero-order valence-corrected chi connectivity index (χ0v) is 11.3. The summed E-state index contributed by atoms with van der Waals surface area (Å²) < 4.78 is 26.5. The summed E-state index contributed by atoms with van der Waals surface area (Å²) in [7, 11) is -1.49. The number of hydrogen-bond acceptors (Lipinski definition) is 4. The lowest BCUT2D eigenvalue weighted by Gasteiger charge is -2.01. The Kier molecular flexibility index (Phi) is 2.46. The molecule has 3 rings (SSSR count). The van der Waals surface area contributed by atoms with E-state index in [1.165, 1.54) is 6.20 Å². The summed E-state index contributed by atoms with van der Waals surface area (Å²) in [4.78, 5) is 3.87. The standard InChI is InChI=1S/C12H12N4O2S/c1-15-6-5-9(8-15)11-4-3-10-7-13-12(14-16(10)11)19(2,17)18/h3-8H,1-2H3. The molecule has 3 aromatic rings. The van der Waals surface area contributed by atoms with Gasteiger partial charge in [0.15, 0.2) is 0 Å².